The van der Waals surface area contributed by atoms with Gasteiger partial charge in [0.25, 0.3) is 0 Å². The Labute approximate surface area is 187 Å². The van der Waals surface area contributed by atoms with Crippen LogP contribution >= 0.6 is 39.3 Å². The van der Waals surface area contributed by atoms with Crippen LogP contribution in [0.5, 0.6) is 0 Å². The standard InChI is InChI=1S/C21H20BrClN4OS/c22-14-6-5-7-15(12-14)24-19(28)13-29-21-26-25-20(17-10-3-4-11-18(17)23)27(21)16-8-1-2-9-16/h3-7,10-12,16H,1-2,8-9,13H2,(H,24,28). The number of thioether (sulfide) groups is 1. The summed E-state index contributed by atoms with van der Waals surface area (Å²) in [7, 11) is 0. The third kappa shape index (κ3) is 4.85. The summed E-state index contributed by atoms with van der Waals surface area (Å²) in [4.78, 5) is 12.4. The smallest absolute Gasteiger partial charge is 0.234 e. The van der Waals surface area contributed by atoms with Crippen molar-refractivity contribution in [2.24, 2.45) is 0 Å². The van der Waals surface area contributed by atoms with Gasteiger partial charge in [0.1, 0.15) is 0 Å². The molecular weight excluding hydrogens is 472 g/mol. The monoisotopic (exact) mass is 490 g/mol. The second-order valence-electron chi connectivity index (χ2n) is 6.94. The Balaban J connectivity index is 1.54. The number of aromatic nitrogens is 3. The first-order chi connectivity index (χ1) is 14.1. The Morgan fingerprint density at radius 3 is 2.72 bits per heavy atom. The topological polar surface area (TPSA) is 59.8 Å². The minimum atomic E-state index is -0.0756. The molecule has 2 aromatic carbocycles. The molecule has 0 unspecified atom stereocenters. The molecule has 1 heterocycles. The quantitative estimate of drug-likeness (QED) is 0.417. The fourth-order valence-electron chi connectivity index (χ4n) is 3.59. The van der Waals surface area contributed by atoms with Crippen molar-refractivity contribution in [1.29, 1.82) is 0 Å². The lowest BCUT2D eigenvalue weighted by molar-refractivity contribution is -0.113. The second-order valence-corrected chi connectivity index (χ2v) is 9.21. The second kappa shape index (κ2) is 9.32. The maximum absolute atomic E-state index is 12.4. The van der Waals surface area contributed by atoms with Gasteiger partial charge in [-0.15, -0.1) is 10.2 Å². The average molecular weight is 492 g/mol. The molecule has 1 saturated carbocycles. The van der Waals surface area contributed by atoms with E-state index in [0.29, 0.717) is 11.1 Å². The van der Waals surface area contributed by atoms with Gasteiger partial charge in [0.2, 0.25) is 5.91 Å². The van der Waals surface area contributed by atoms with Crippen LogP contribution in [-0.4, -0.2) is 26.4 Å². The molecule has 0 radical (unpaired) electrons. The maximum atomic E-state index is 12.4. The number of nitrogens with one attached hydrogen (secondary N) is 1. The zero-order chi connectivity index (χ0) is 20.2. The van der Waals surface area contributed by atoms with Gasteiger partial charge in [-0.05, 0) is 43.2 Å². The van der Waals surface area contributed by atoms with Crippen LogP contribution in [0.2, 0.25) is 5.02 Å². The number of amides is 1. The van der Waals surface area contributed by atoms with Gasteiger partial charge < -0.3 is 5.32 Å². The lowest BCUT2D eigenvalue weighted by Crippen LogP contribution is -2.15. The lowest BCUT2D eigenvalue weighted by Gasteiger charge is -2.17. The van der Waals surface area contributed by atoms with Gasteiger partial charge in [-0.2, -0.15) is 0 Å². The van der Waals surface area contributed by atoms with Crippen molar-refractivity contribution in [3.8, 4) is 11.4 Å². The normalized spacial score (nSPS) is 14.3. The number of rotatable bonds is 6. The molecule has 0 spiro atoms. The molecule has 0 aliphatic heterocycles. The summed E-state index contributed by atoms with van der Waals surface area (Å²) in [5.41, 5.74) is 1.64. The van der Waals surface area contributed by atoms with E-state index in [1.807, 2.05) is 48.5 Å². The summed E-state index contributed by atoms with van der Waals surface area (Å²) in [6.07, 6.45) is 4.57. The van der Waals surface area contributed by atoms with E-state index in [2.05, 4.69) is 36.0 Å². The fourth-order valence-corrected chi connectivity index (χ4v) is 5.01. The molecule has 1 aliphatic rings. The molecule has 1 aromatic heterocycles. The number of halogens is 2. The number of nitrogens with zero attached hydrogens (tertiary/aromatic N) is 3. The summed E-state index contributed by atoms with van der Waals surface area (Å²) in [6.45, 7) is 0. The minimum Gasteiger partial charge on any atom is -0.325 e. The highest BCUT2D eigenvalue weighted by atomic mass is 79.9. The van der Waals surface area contributed by atoms with Crippen molar-refractivity contribution in [2.75, 3.05) is 11.1 Å². The van der Waals surface area contributed by atoms with Crippen molar-refractivity contribution in [1.82, 2.24) is 14.8 Å². The van der Waals surface area contributed by atoms with Gasteiger partial charge >= 0.3 is 0 Å². The molecule has 150 valence electrons. The molecule has 0 bridgehead atoms. The van der Waals surface area contributed by atoms with Crippen LogP contribution in [0.15, 0.2) is 58.2 Å². The van der Waals surface area contributed by atoms with Crippen molar-refractivity contribution < 1.29 is 4.79 Å². The minimum absolute atomic E-state index is 0.0756. The third-order valence-corrected chi connectivity index (χ3v) is 6.68. The van der Waals surface area contributed by atoms with Crippen LogP contribution in [0.3, 0.4) is 0 Å². The lowest BCUT2D eigenvalue weighted by atomic mass is 10.2. The Hall–Kier alpha value is -1.83. The van der Waals surface area contributed by atoms with Crippen molar-refractivity contribution in [2.45, 2.75) is 36.9 Å². The number of benzene rings is 2. The summed E-state index contributed by atoms with van der Waals surface area (Å²) in [6, 6.07) is 15.6. The molecule has 1 amide bonds. The number of anilines is 1. The molecule has 1 aliphatic carbocycles. The predicted octanol–water partition coefficient (Wildman–Crippen LogP) is 6.21. The summed E-state index contributed by atoms with van der Waals surface area (Å²) >= 11 is 11.2. The largest absolute Gasteiger partial charge is 0.325 e. The molecule has 5 nitrogen and oxygen atoms in total. The van der Waals surface area contributed by atoms with Gasteiger partial charge in [0, 0.05) is 21.8 Å². The van der Waals surface area contributed by atoms with Crippen LogP contribution in [0.25, 0.3) is 11.4 Å². The third-order valence-electron chi connectivity index (χ3n) is 4.91. The molecule has 1 N–H and O–H groups in total. The molecule has 8 heteroatoms. The van der Waals surface area contributed by atoms with E-state index in [0.717, 1.165) is 39.5 Å². The van der Waals surface area contributed by atoms with Crippen LogP contribution in [0.4, 0.5) is 5.69 Å². The Kier molecular flexibility index (Phi) is 6.57. The van der Waals surface area contributed by atoms with E-state index in [1.165, 1.54) is 24.6 Å². The summed E-state index contributed by atoms with van der Waals surface area (Å²) in [5.74, 6) is 0.964. The zero-order valence-electron chi connectivity index (χ0n) is 15.6. The van der Waals surface area contributed by atoms with Crippen LogP contribution in [0, 0.1) is 0 Å². The highest BCUT2D eigenvalue weighted by Crippen LogP contribution is 2.38. The fraction of sp³-hybridized carbons (Fsp3) is 0.286. The van der Waals surface area contributed by atoms with E-state index in [-0.39, 0.29) is 11.7 Å². The van der Waals surface area contributed by atoms with Gasteiger partial charge in [-0.3, -0.25) is 9.36 Å². The van der Waals surface area contributed by atoms with Crippen LogP contribution in [0.1, 0.15) is 31.7 Å². The maximum Gasteiger partial charge on any atom is 0.234 e. The van der Waals surface area contributed by atoms with E-state index in [9.17, 15) is 4.79 Å². The van der Waals surface area contributed by atoms with E-state index in [4.69, 9.17) is 11.6 Å². The first-order valence-corrected chi connectivity index (χ1v) is 11.7. The molecule has 3 aromatic rings. The molecule has 0 atom stereocenters. The molecule has 1 fully saturated rings. The zero-order valence-corrected chi connectivity index (χ0v) is 18.8. The molecular formula is C21H20BrClN4OS. The Morgan fingerprint density at radius 1 is 1.17 bits per heavy atom. The molecule has 29 heavy (non-hydrogen) atoms. The highest BCUT2D eigenvalue weighted by Gasteiger charge is 2.26. The number of hydrogen-bond acceptors (Lipinski definition) is 4. The first kappa shape index (κ1) is 20.4. The van der Waals surface area contributed by atoms with E-state index >= 15 is 0 Å². The number of hydrogen-bond donors (Lipinski definition) is 1. The van der Waals surface area contributed by atoms with Crippen LogP contribution in [-0.2, 0) is 4.79 Å². The highest BCUT2D eigenvalue weighted by molar-refractivity contribution is 9.10. The first-order valence-electron chi connectivity index (χ1n) is 9.50. The average Bonchev–Trinajstić information content (AvgIpc) is 3.36. The van der Waals surface area contributed by atoms with Gasteiger partial charge in [0.15, 0.2) is 11.0 Å². The van der Waals surface area contributed by atoms with Crippen molar-refractivity contribution in [3.05, 3.63) is 58.0 Å². The molecule has 4 rings (SSSR count). The summed E-state index contributed by atoms with van der Waals surface area (Å²) < 4.78 is 3.10. The van der Waals surface area contributed by atoms with E-state index in [1.54, 1.807) is 0 Å². The predicted molar refractivity (Wildman–Crippen MR) is 121 cm³/mol. The number of carbonyl (C=O) groups excluding carboxylic acids is 1. The van der Waals surface area contributed by atoms with Crippen molar-refractivity contribution in [3.63, 3.8) is 0 Å². The van der Waals surface area contributed by atoms with Crippen molar-refractivity contribution >= 4 is 50.9 Å². The van der Waals surface area contributed by atoms with Gasteiger partial charge in [-0.1, -0.05) is 70.3 Å². The summed E-state index contributed by atoms with van der Waals surface area (Å²) in [5, 5.41) is 13.2. The Morgan fingerprint density at radius 2 is 1.97 bits per heavy atom. The SMILES string of the molecule is O=C(CSc1nnc(-c2ccccc2Cl)n1C1CCCC1)Nc1cccc(Br)c1. The van der Waals surface area contributed by atoms with E-state index < -0.39 is 0 Å². The molecule has 0 saturated heterocycles. The number of carbonyl (C=O) groups is 1. The Bertz CT molecular complexity index is 1020. The van der Waals surface area contributed by atoms with Crippen LogP contribution < -0.4 is 5.32 Å². The van der Waals surface area contributed by atoms with Gasteiger partial charge in [-0.25, -0.2) is 0 Å². The van der Waals surface area contributed by atoms with Gasteiger partial charge in [0.05, 0.1) is 10.8 Å².